The van der Waals surface area contributed by atoms with Crippen molar-refractivity contribution in [1.82, 2.24) is 4.90 Å². The van der Waals surface area contributed by atoms with E-state index in [4.69, 9.17) is 5.11 Å². The maximum Gasteiger partial charge on any atom is 0.335 e. The van der Waals surface area contributed by atoms with Crippen LogP contribution in [0, 0.1) is 0 Å². The number of hydrogen-bond donors (Lipinski definition) is 1. The van der Waals surface area contributed by atoms with Crippen LogP contribution in [0.25, 0.3) is 0 Å². The van der Waals surface area contributed by atoms with Crippen LogP contribution in [-0.2, 0) is 0 Å². The van der Waals surface area contributed by atoms with Crippen LogP contribution in [0.3, 0.4) is 0 Å². The van der Waals surface area contributed by atoms with Gasteiger partial charge < -0.3 is 5.11 Å². The molecule has 122 valence electrons. The number of aromatic carboxylic acids is 1. The molecule has 1 aliphatic heterocycles. The molecular formula is C19H29NO2. The largest absolute Gasteiger partial charge is 0.478 e. The first-order valence-electron chi connectivity index (χ1n) is 8.79. The second kappa shape index (κ2) is 8.94. The van der Waals surface area contributed by atoms with Crippen LogP contribution in [0.2, 0.25) is 0 Å². The number of carboxylic acids is 1. The lowest BCUT2D eigenvalue weighted by molar-refractivity contribution is 0.0697. The summed E-state index contributed by atoms with van der Waals surface area (Å²) in [6.45, 7) is 4.61. The van der Waals surface area contributed by atoms with E-state index in [1.165, 1.54) is 70.0 Å². The minimum atomic E-state index is -0.845. The van der Waals surface area contributed by atoms with Gasteiger partial charge in [-0.2, -0.15) is 0 Å². The first-order chi connectivity index (χ1) is 10.7. The predicted molar refractivity (Wildman–Crippen MR) is 90.3 cm³/mol. The highest BCUT2D eigenvalue weighted by Crippen LogP contribution is 2.32. The summed E-state index contributed by atoms with van der Waals surface area (Å²) in [5.41, 5.74) is 1.65. The van der Waals surface area contributed by atoms with Gasteiger partial charge in [0.25, 0.3) is 0 Å². The van der Waals surface area contributed by atoms with Gasteiger partial charge in [-0.05, 0) is 50.0 Å². The molecule has 1 saturated heterocycles. The Bertz CT molecular complexity index is 455. The SMILES string of the molecule is CCCCCCCCN1CCC[C@H]1c1ccc(C(=O)O)cc1. The molecule has 0 aromatic heterocycles. The molecule has 0 aliphatic carbocycles. The molecule has 1 heterocycles. The van der Waals surface area contributed by atoms with Gasteiger partial charge in [0.1, 0.15) is 0 Å². The summed E-state index contributed by atoms with van der Waals surface area (Å²) in [6.07, 6.45) is 10.5. The smallest absolute Gasteiger partial charge is 0.335 e. The lowest BCUT2D eigenvalue weighted by atomic mass is 10.0. The Labute approximate surface area is 134 Å². The van der Waals surface area contributed by atoms with Crippen LogP contribution in [0.5, 0.6) is 0 Å². The van der Waals surface area contributed by atoms with Crippen LogP contribution >= 0.6 is 0 Å². The van der Waals surface area contributed by atoms with Gasteiger partial charge in [-0.25, -0.2) is 4.79 Å². The minimum absolute atomic E-state index is 0.379. The standard InChI is InChI=1S/C19H29NO2/c1-2-3-4-5-6-7-14-20-15-8-9-18(20)16-10-12-17(13-11-16)19(21)22/h10-13,18H,2-9,14-15H2,1H3,(H,21,22)/t18-/m0/s1. The number of carbonyl (C=O) groups is 1. The van der Waals surface area contributed by atoms with E-state index < -0.39 is 5.97 Å². The number of rotatable bonds is 9. The Morgan fingerprint density at radius 2 is 1.82 bits per heavy atom. The molecule has 0 amide bonds. The molecular weight excluding hydrogens is 274 g/mol. The van der Waals surface area contributed by atoms with E-state index in [-0.39, 0.29) is 0 Å². The maximum atomic E-state index is 10.9. The van der Waals surface area contributed by atoms with E-state index in [0.717, 1.165) is 0 Å². The number of nitrogens with zero attached hydrogens (tertiary/aromatic N) is 1. The van der Waals surface area contributed by atoms with E-state index >= 15 is 0 Å². The van der Waals surface area contributed by atoms with Crippen LogP contribution in [0.15, 0.2) is 24.3 Å². The van der Waals surface area contributed by atoms with Gasteiger partial charge in [0.15, 0.2) is 0 Å². The fourth-order valence-corrected chi connectivity index (χ4v) is 3.41. The quantitative estimate of drug-likeness (QED) is 0.661. The molecule has 3 heteroatoms. The summed E-state index contributed by atoms with van der Waals surface area (Å²) in [5.74, 6) is -0.845. The third-order valence-electron chi connectivity index (χ3n) is 4.70. The predicted octanol–water partition coefficient (Wildman–Crippen LogP) is 4.88. The first-order valence-corrected chi connectivity index (χ1v) is 8.79. The molecule has 22 heavy (non-hydrogen) atoms. The van der Waals surface area contributed by atoms with Crippen LogP contribution < -0.4 is 0 Å². The van der Waals surface area contributed by atoms with E-state index in [9.17, 15) is 4.79 Å². The van der Waals surface area contributed by atoms with Crippen molar-refractivity contribution in [3.63, 3.8) is 0 Å². The summed E-state index contributed by atoms with van der Waals surface area (Å²) >= 11 is 0. The van der Waals surface area contributed by atoms with Crippen molar-refractivity contribution in [3.8, 4) is 0 Å². The summed E-state index contributed by atoms with van der Waals surface area (Å²) in [4.78, 5) is 13.5. The molecule has 1 aromatic rings. The number of hydrogen-bond acceptors (Lipinski definition) is 2. The monoisotopic (exact) mass is 303 g/mol. The van der Waals surface area contributed by atoms with Crippen molar-refractivity contribution < 1.29 is 9.90 Å². The van der Waals surface area contributed by atoms with Gasteiger partial charge in [0.2, 0.25) is 0 Å². The van der Waals surface area contributed by atoms with E-state index in [1.54, 1.807) is 12.1 Å². The topological polar surface area (TPSA) is 40.5 Å². The van der Waals surface area contributed by atoms with Crippen molar-refractivity contribution in [2.24, 2.45) is 0 Å². The Morgan fingerprint density at radius 1 is 1.14 bits per heavy atom. The molecule has 0 saturated carbocycles. The Balaban J connectivity index is 1.81. The molecule has 0 bridgehead atoms. The first kappa shape index (κ1) is 17.0. The molecule has 0 spiro atoms. The lowest BCUT2D eigenvalue weighted by Gasteiger charge is -2.25. The van der Waals surface area contributed by atoms with Crippen LogP contribution in [0.4, 0.5) is 0 Å². The Hall–Kier alpha value is -1.35. The van der Waals surface area contributed by atoms with E-state index in [2.05, 4.69) is 11.8 Å². The number of likely N-dealkylation sites (tertiary alicyclic amines) is 1. The molecule has 0 unspecified atom stereocenters. The third-order valence-corrected chi connectivity index (χ3v) is 4.70. The molecule has 1 atom stereocenters. The minimum Gasteiger partial charge on any atom is -0.478 e. The summed E-state index contributed by atoms with van der Waals surface area (Å²) in [5, 5.41) is 8.99. The second-order valence-electron chi connectivity index (χ2n) is 6.39. The fourth-order valence-electron chi connectivity index (χ4n) is 3.41. The van der Waals surface area contributed by atoms with Gasteiger partial charge in [-0.1, -0.05) is 51.2 Å². The molecule has 1 N–H and O–H groups in total. The zero-order valence-corrected chi connectivity index (χ0v) is 13.8. The summed E-state index contributed by atoms with van der Waals surface area (Å²) < 4.78 is 0. The second-order valence-corrected chi connectivity index (χ2v) is 6.39. The normalized spacial score (nSPS) is 18.7. The summed E-state index contributed by atoms with van der Waals surface area (Å²) in [6, 6.07) is 7.94. The highest BCUT2D eigenvalue weighted by atomic mass is 16.4. The van der Waals surface area contributed by atoms with Crippen LogP contribution in [-0.4, -0.2) is 29.1 Å². The Morgan fingerprint density at radius 3 is 2.50 bits per heavy atom. The highest BCUT2D eigenvalue weighted by molar-refractivity contribution is 5.87. The average molecular weight is 303 g/mol. The van der Waals surface area contributed by atoms with Gasteiger partial charge in [-0.15, -0.1) is 0 Å². The average Bonchev–Trinajstić information content (AvgIpc) is 2.99. The highest BCUT2D eigenvalue weighted by Gasteiger charge is 2.25. The molecule has 1 aromatic carbocycles. The summed E-state index contributed by atoms with van der Waals surface area (Å²) in [7, 11) is 0. The van der Waals surface area contributed by atoms with Gasteiger partial charge >= 0.3 is 5.97 Å². The van der Waals surface area contributed by atoms with Crippen molar-refractivity contribution in [2.45, 2.75) is 64.3 Å². The number of unbranched alkanes of at least 4 members (excludes halogenated alkanes) is 5. The number of carboxylic acid groups (broad SMARTS) is 1. The zero-order chi connectivity index (χ0) is 15.8. The Kier molecular flexibility index (Phi) is 6.91. The van der Waals surface area contributed by atoms with E-state index in [0.29, 0.717) is 11.6 Å². The zero-order valence-electron chi connectivity index (χ0n) is 13.8. The van der Waals surface area contributed by atoms with E-state index in [1.807, 2.05) is 12.1 Å². The maximum absolute atomic E-state index is 10.9. The molecule has 1 aliphatic rings. The van der Waals surface area contributed by atoms with Gasteiger partial charge in [0, 0.05) is 6.04 Å². The molecule has 2 rings (SSSR count). The van der Waals surface area contributed by atoms with Gasteiger partial charge in [-0.3, -0.25) is 4.90 Å². The molecule has 1 fully saturated rings. The van der Waals surface area contributed by atoms with Crippen LogP contribution in [0.1, 0.15) is 80.3 Å². The van der Waals surface area contributed by atoms with Crippen molar-refractivity contribution in [1.29, 1.82) is 0 Å². The molecule has 3 nitrogen and oxygen atoms in total. The lowest BCUT2D eigenvalue weighted by Crippen LogP contribution is -2.24. The molecule has 0 radical (unpaired) electrons. The van der Waals surface area contributed by atoms with Crippen molar-refractivity contribution in [3.05, 3.63) is 35.4 Å². The number of benzene rings is 1. The van der Waals surface area contributed by atoms with Gasteiger partial charge in [0.05, 0.1) is 5.56 Å². The van der Waals surface area contributed by atoms with Crippen molar-refractivity contribution >= 4 is 5.97 Å². The third kappa shape index (κ3) is 4.84. The van der Waals surface area contributed by atoms with Crippen molar-refractivity contribution in [2.75, 3.05) is 13.1 Å². The fraction of sp³-hybridized carbons (Fsp3) is 0.632.